The molecule has 3 heterocycles. The summed E-state index contributed by atoms with van der Waals surface area (Å²) in [7, 11) is 0. The Hall–Kier alpha value is -0.610. The lowest BCUT2D eigenvalue weighted by Crippen LogP contribution is -2.65. The van der Waals surface area contributed by atoms with Gasteiger partial charge in [0.25, 0.3) is 0 Å². The van der Waals surface area contributed by atoms with Crippen LogP contribution in [0.5, 0.6) is 0 Å². The minimum Gasteiger partial charge on any atom is -0.340 e. The van der Waals surface area contributed by atoms with E-state index in [0.29, 0.717) is 17.4 Å². The van der Waals surface area contributed by atoms with Crippen LogP contribution in [0, 0.1) is 5.41 Å². The molecule has 3 aliphatic rings. The van der Waals surface area contributed by atoms with Crippen LogP contribution in [-0.4, -0.2) is 60.5 Å². The molecule has 0 aromatic heterocycles. The van der Waals surface area contributed by atoms with Crippen molar-refractivity contribution in [2.75, 3.05) is 32.7 Å². The lowest BCUT2D eigenvalue weighted by atomic mass is 9.73. The van der Waals surface area contributed by atoms with E-state index < -0.39 is 0 Å². The van der Waals surface area contributed by atoms with E-state index in [1.165, 1.54) is 25.9 Å². The summed E-state index contributed by atoms with van der Waals surface area (Å²) in [4.78, 5) is 16.5. The molecule has 0 radical (unpaired) electrons. The van der Waals surface area contributed by atoms with Crippen LogP contribution in [-0.2, 0) is 4.79 Å². The van der Waals surface area contributed by atoms with Gasteiger partial charge in [0, 0.05) is 37.6 Å². The summed E-state index contributed by atoms with van der Waals surface area (Å²) in [5.74, 6) is 0.331. The maximum absolute atomic E-state index is 11.9. The van der Waals surface area contributed by atoms with E-state index in [4.69, 9.17) is 0 Å². The predicted molar refractivity (Wildman–Crippen MR) is 66.7 cm³/mol. The van der Waals surface area contributed by atoms with E-state index >= 15 is 0 Å². The molecule has 4 nitrogen and oxygen atoms in total. The van der Waals surface area contributed by atoms with Crippen LogP contribution in [0.1, 0.15) is 26.7 Å². The summed E-state index contributed by atoms with van der Waals surface area (Å²) in [5.41, 5.74) is 0.424. The first-order chi connectivity index (χ1) is 8.10. The van der Waals surface area contributed by atoms with Crippen molar-refractivity contribution in [3.8, 4) is 0 Å². The summed E-state index contributed by atoms with van der Waals surface area (Å²) in [6.07, 6.45) is 2.60. The Morgan fingerprint density at radius 1 is 1.35 bits per heavy atom. The summed E-state index contributed by atoms with van der Waals surface area (Å²) in [6.45, 7) is 9.84. The summed E-state index contributed by atoms with van der Waals surface area (Å²) >= 11 is 0. The fourth-order valence-corrected chi connectivity index (χ4v) is 3.32. The highest BCUT2D eigenvalue weighted by atomic mass is 16.2. The van der Waals surface area contributed by atoms with Gasteiger partial charge in [-0.3, -0.25) is 4.79 Å². The van der Waals surface area contributed by atoms with E-state index in [1.54, 1.807) is 0 Å². The second-order valence-electron chi connectivity index (χ2n) is 6.32. The van der Waals surface area contributed by atoms with Gasteiger partial charge in [-0.25, -0.2) is 0 Å². The third-order valence-electron chi connectivity index (χ3n) is 4.49. The Morgan fingerprint density at radius 3 is 2.65 bits per heavy atom. The molecule has 0 aliphatic carbocycles. The molecular formula is C13H23N3O. The van der Waals surface area contributed by atoms with Gasteiger partial charge in [-0.2, -0.15) is 0 Å². The van der Waals surface area contributed by atoms with Gasteiger partial charge < -0.3 is 15.1 Å². The Morgan fingerprint density at radius 2 is 2.06 bits per heavy atom. The number of rotatable bonds is 2. The molecule has 1 N–H and O–H groups in total. The third kappa shape index (κ3) is 2.08. The molecule has 1 spiro atoms. The standard InChI is InChI=1S/C13H23N3O/c1-10(2)15-5-3-4-13(7-15)8-16(9-13)12(17)11-6-14-11/h10-11,14H,3-9H2,1-2H3/t11-/m1/s1. The van der Waals surface area contributed by atoms with E-state index in [9.17, 15) is 4.79 Å². The summed E-state index contributed by atoms with van der Waals surface area (Å²) in [5, 5.41) is 3.10. The molecule has 3 saturated heterocycles. The van der Waals surface area contributed by atoms with Gasteiger partial charge in [-0.15, -0.1) is 0 Å². The summed E-state index contributed by atoms with van der Waals surface area (Å²) in [6, 6.07) is 0.791. The number of likely N-dealkylation sites (tertiary alicyclic amines) is 2. The molecule has 3 rings (SSSR count). The van der Waals surface area contributed by atoms with Gasteiger partial charge in [0.2, 0.25) is 5.91 Å². The van der Waals surface area contributed by atoms with Crippen LogP contribution in [0.4, 0.5) is 0 Å². The Bertz CT molecular complexity index is 319. The van der Waals surface area contributed by atoms with Gasteiger partial charge in [-0.1, -0.05) is 0 Å². The molecule has 0 unspecified atom stereocenters. The smallest absolute Gasteiger partial charge is 0.241 e. The lowest BCUT2D eigenvalue weighted by Gasteiger charge is -2.55. The molecular weight excluding hydrogens is 214 g/mol. The molecule has 1 atom stereocenters. The largest absolute Gasteiger partial charge is 0.340 e. The zero-order valence-corrected chi connectivity index (χ0v) is 10.9. The first-order valence-corrected chi connectivity index (χ1v) is 6.86. The number of piperidine rings is 1. The van der Waals surface area contributed by atoms with Crippen molar-refractivity contribution in [2.24, 2.45) is 5.41 Å². The average Bonchev–Trinajstić information content (AvgIpc) is 3.08. The van der Waals surface area contributed by atoms with E-state index in [1.807, 2.05) is 0 Å². The number of hydrogen-bond donors (Lipinski definition) is 1. The third-order valence-corrected chi connectivity index (χ3v) is 4.49. The Kier molecular flexibility index (Phi) is 2.67. The number of amides is 1. The van der Waals surface area contributed by atoms with E-state index in [0.717, 1.165) is 19.6 Å². The fraction of sp³-hybridized carbons (Fsp3) is 0.923. The van der Waals surface area contributed by atoms with Gasteiger partial charge in [0.15, 0.2) is 0 Å². The highest BCUT2D eigenvalue weighted by Crippen LogP contribution is 2.39. The topological polar surface area (TPSA) is 45.5 Å². The van der Waals surface area contributed by atoms with Crippen molar-refractivity contribution in [1.82, 2.24) is 15.1 Å². The SMILES string of the molecule is CC(C)N1CCCC2(CN(C(=O)[C@H]3CN3)C2)C1. The van der Waals surface area contributed by atoms with Crippen LogP contribution < -0.4 is 5.32 Å². The number of carbonyl (C=O) groups is 1. The van der Waals surface area contributed by atoms with E-state index in [2.05, 4.69) is 29.0 Å². The van der Waals surface area contributed by atoms with E-state index in [-0.39, 0.29) is 6.04 Å². The molecule has 0 bridgehead atoms. The molecule has 17 heavy (non-hydrogen) atoms. The zero-order valence-electron chi connectivity index (χ0n) is 10.9. The number of nitrogens with one attached hydrogen (secondary N) is 1. The van der Waals surface area contributed by atoms with Crippen LogP contribution >= 0.6 is 0 Å². The summed E-state index contributed by atoms with van der Waals surface area (Å²) < 4.78 is 0. The minimum absolute atomic E-state index is 0.150. The van der Waals surface area contributed by atoms with Crippen LogP contribution in [0.25, 0.3) is 0 Å². The molecule has 96 valence electrons. The molecule has 3 aliphatic heterocycles. The molecule has 0 aromatic rings. The Balaban J connectivity index is 1.56. The van der Waals surface area contributed by atoms with Crippen molar-refractivity contribution in [1.29, 1.82) is 0 Å². The van der Waals surface area contributed by atoms with Crippen LogP contribution in [0.2, 0.25) is 0 Å². The lowest BCUT2D eigenvalue weighted by molar-refractivity contribution is -0.147. The highest BCUT2D eigenvalue weighted by molar-refractivity contribution is 5.85. The van der Waals surface area contributed by atoms with Crippen molar-refractivity contribution >= 4 is 5.91 Å². The fourth-order valence-electron chi connectivity index (χ4n) is 3.32. The van der Waals surface area contributed by atoms with Gasteiger partial charge in [0.1, 0.15) is 0 Å². The molecule has 3 fully saturated rings. The number of carbonyl (C=O) groups excluding carboxylic acids is 1. The molecule has 1 amide bonds. The van der Waals surface area contributed by atoms with Crippen molar-refractivity contribution < 1.29 is 4.79 Å². The average molecular weight is 237 g/mol. The zero-order chi connectivity index (χ0) is 12.0. The quantitative estimate of drug-likeness (QED) is 0.702. The van der Waals surface area contributed by atoms with Gasteiger partial charge in [0.05, 0.1) is 6.04 Å². The van der Waals surface area contributed by atoms with Crippen LogP contribution in [0.3, 0.4) is 0 Å². The minimum atomic E-state index is 0.150. The van der Waals surface area contributed by atoms with Crippen LogP contribution in [0.15, 0.2) is 0 Å². The molecule has 0 saturated carbocycles. The highest BCUT2D eigenvalue weighted by Gasteiger charge is 2.49. The predicted octanol–water partition coefficient (Wildman–Crippen LogP) is 0.291. The first kappa shape index (κ1) is 11.5. The molecule has 0 aromatic carbocycles. The molecule has 4 heteroatoms. The second kappa shape index (κ2) is 3.95. The van der Waals surface area contributed by atoms with Crippen molar-refractivity contribution in [2.45, 2.75) is 38.8 Å². The van der Waals surface area contributed by atoms with Crippen molar-refractivity contribution in [3.63, 3.8) is 0 Å². The normalized spacial score (nSPS) is 31.7. The first-order valence-electron chi connectivity index (χ1n) is 6.86. The maximum atomic E-state index is 11.9. The van der Waals surface area contributed by atoms with Crippen molar-refractivity contribution in [3.05, 3.63) is 0 Å². The number of nitrogens with zero attached hydrogens (tertiary/aromatic N) is 2. The monoisotopic (exact) mass is 237 g/mol. The maximum Gasteiger partial charge on any atom is 0.241 e. The van der Waals surface area contributed by atoms with Gasteiger partial charge >= 0.3 is 0 Å². The van der Waals surface area contributed by atoms with Gasteiger partial charge in [-0.05, 0) is 33.2 Å². The second-order valence-corrected chi connectivity index (χ2v) is 6.32. The number of hydrogen-bond acceptors (Lipinski definition) is 3. The Labute approximate surface area is 103 Å².